The normalized spacial score (nSPS) is 39.8. The Morgan fingerprint density at radius 1 is 1.62 bits per heavy atom. The molecule has 16 heavy (non-hydrogen) atoms. The van der Waals surface area contributed by atoms with Crippen molar-refractivity contribution in [1.29, 1.82) is 0 Å². The van der Waals surface area contributed by atoms with Crippen LogP contribution in [-0.4, -0.2) is 0 Å². The summed E-state index contributed by atoms with van der Waals surface area (Å²) in [7, 11) is 0. The zero-order valence-electron chi connectivity index (χ0n) is 10.9. The van der Waals surface area contributed by atoms with E-state index in [9.17, 15) is 0 Å². The fourth-order valence-electron chi connectivity index (χ4n) is 4.19. The minimum atomic E-state index is 0.466. The molecule has 0 aromatic carbocycles. The summed E-state index contributed by atoms with van der Waals surface area (Å²) >= 11 is 0. The minimum absolute atomic E-state index is 0.466. The summed E-state index contributed by atoms with van der Waals surface area (Å²) in [6, 6.07) is 0. The summed E-state index contributed by atoms with van der Waals surface area (Å²) in [5.74, 6) is 5.20. The van der Waals surface area contributed by atoms with Gasteiger partial charge >= 0.3 is 0 Å². The maximum Gasteiger partial charge on any atom is 0.0149 e. The molecule has 0 aromatic rings. The summed E-state index contributed by atoms with van der Waals surface area (Å²) in [5.41, 5.74) is 2.13. The molecule has 0 spiro atoms. The highest BCUT2D eigenvalue weighted by atomic mass is 14.5. The van der Waals surface area contributed by atoms with Crippen molar-refractivity contribution in [3.8, 4) is 12.3 Å². The van der Waals surface area contributed by atoms with Gasteiger partial charge in [0.2, 0.25) is 0 Å². The number of hydrogen-bond donors (Lipinski definition) is 0. The largest absolute Gasteiger partial charge is 0.120 e. The smallest absolute Gasteiger partial charge is 0.0149 e. The third kappa shape index (κ3) is 1.71. The van der Waals surface area contributed by atoms with Crippen molar-refractivity contribution in [3.05, 3.63) is 11.6 Å². The maximum atomic E-state index is 5.46. The Morgan fingerprint density at radius 3 is 3.06 bits per heavy atom. The Labute approximate surface area is 101 Å². The lowest BCUT2D eigenvalue weighted by molar-refractivity contribution is 0.111. The molecule has 0 heteroatoms. The zero-order valence-corrected chi connectivity index (χ0v) is 10.9. The van der Waals surface area contributed by atoms with Crippen molar-refractivity contribution >= 4 is 0 Å². The van der Waals surface area contributed by atoms with Crippen LogP contribution in [0.5, 0.6) is 0 Å². The summed E-state index contributed by atoms with van der Waals surface area (Å²) in [6.45, 7) is 7.22. The molecule has 4 atom stereocenters. The number of hydrogen-bond acceptors (Lipinski definition) is 0. The lowest BCUT2D eigenvalue weighted by atomic mass is 9.60. The van der Waals surface area contributed by atoms with Gasteiger partial charge in [-0.25, -0.2) is 0 Å². The van der Waals surface area contributed by atoms with Gasteiger partial charge in [-0.3, -0.25) is 0 Å². The zero-order chi connectivity index (χ0) is 11.8. The van der Waals surface area contributed by atoms with Crippen molar-refractivity contribution in [2.24, 2.45) is 23.2 Å². The van der Waals surface area contributed by atoms with E-state index in [4.69, 9.17) is 6.42 Å². The van der Waals surface area contributed by atoms with Gasteiger partial charge in [0.25, 0.3) is 0 Å². The van der Waals surface area contributed by atoms with Crippen LogP contribution >= 0.6 is 0 Å². The van der Waals surface area contributed by atoms with Gasteiger partial charge in [0.05, 0.1) is 0 Å². The van der Waals surface area contributed by atoms with Crippen LogP contribution in [0, 0.1) is 35.5 Å². The summed E-state index contributed by atoms with van der Waals surface area (Å²) < 4.78 is 0. The van der Waals surface area contributed by atoms with Crippen LogP contribution < -0.4 is 0 Å². The Bertz CT molecular complexity index is 330. The number of rotatable bonds is 2. The van der Waals surface area contributed by atoms with E-state index >= 15 is 0 Å². The van der Waals surface area contributed by atoms with Crippen LogP contribution in [-0.2, 0) is 0 Å². The highest BCUT2D eigenvalue weighted by Gasteiger charge is 2.46. The predicted octanol–water partition coefficient (Wildman–Crippen LogP) is 4.42. The second-order valence-electron chi connectivity index (χ2n) is 6.10. The van der Waals surface area contributed by atoms with E-state index in [0.717, 1.165) is 18.3 Å². The number of terminal acetylenes is 1. The molecule has 0 nitrogen and oxygen atoms in total. The Morgan fingerprint density at radius 2 is 2.38 bits per heavy atom. The number of fused-ring (bicyclic) bond motifs is 1. The van der Waals surface area contributed by atoms with E-state index in [1.807, 2.05) is 0 Å². The molecule has 0 bridgehead atoms. The maximum absolute atomic E-state index is 5.46. The van der Waals surface area contributed by atoms with Crippen LogP contribution in [0.2, 0.25) is 0 Å². The lowest BCUT2D eigenvalue weighted by Crippen LogP contribution is -2.35. The van der Waals surface area contributed by atoms with Crippen LogP contribution in [0.15, 0.2) is 11.6 Å². The molecule has 0 radical (unpaired) electrons. The summed E-state index contributed by atoms with van der Waals surface area (Å²) in [4.78, 5) is 0. The van der Waals surface area contributed by atoms with Crippen molar-refractivity contribution < 1.29 is 0 Å². The van der Waals surface area contributed by atoms with Crippen molar-refractivity contribution in [2.75, 3.05) is 0 Å². The standard InChI is InChI=1S/C16H24/c1-5-7-12(2)14-9-10-15-13(3)8-6-11-16(14,15)4/h1,9,12-13,15H,6-8,10-11H2,2-4H3/t12?,13-,15?,16+/m0/s1. The molecular weight excluding hydrogens is 192 g/mol. The van der Waals surface area contributed by atoms with Gasteiger partial charge in [-0.2, -0.15) is 0 Å². The fraction of sp³-hybridized carbons (Fsp3) is 0.750. The quantitative estimate of drug-likeness (QED) is 0.473. The summed E-state index contributed by atoms with van der Waals surface area (Å²) in [6.07, 6.45) is 14.4. The van der Waals surface area contributed by atoms with Crippen LogP contribution in [0.4, 0.5) is 0 Å². The molecule has 2 aliphatic carbocycles. The topological polar surface area (TPSA) is 0 Å². The molecule has 2 rings (SSSR count). The van der Waals surface area contributed by atoms with E-state index in [1.54, 1.807) is 5.57 Å². The molecule has 0 aliphatic heterocycles. The van der Waals surface area contributed by atoms with Crippen molar-refractivity contribution in [2.45, 2.75) is 52.9 Å². The van der Waals surface area contributed by atoms with Crippen molar-refractivity contribution in [3.63, 3.8) is 0 Å². The third-order valence-corrected chi connectivity index (χ3v) is 5.07. The molecule has 1 fully saturated rings. The van der Waals surface area contributed by atoms with Crippen molar-refractivity contribution in [1.82, 2.24) is 0 Å². The molecule has 0 aromatic heterocycles. The first-order chi connectivity index (χ1) is 7.59. The van der Waals surface area contributed by atoms with E-state index in [0.29, 0.717) is 11.3 Å². The van der Waals surface area contributed by atoms with Gasteiger partial charge < -0.3 is 0 Å². The van der Waals surface area contributed by atoms with Crippen LogP contribution in [0.3, 0.4) is 0 Å². The first-order valence-electron chi connectivity index (χ1n) is 6.73. The first-order valence-corrected chi connectivity index (χ1v) is 6.73. The molecule has 0 N–H and O–H groups in total. The fourth-order valence-corrected chi connectivity index (χ4v) is 4.19. The molecule has 2 unspecified atom stereocenters. The molecule has 2 aliphatic rings. The Kier molecular flexibility index (Phi) is 3.15. The number of allylic oxidation sites excluding steroid dienone is 2. The van der Waals surface area contributed by atoms with Gasteiger partial charge in [0.1, 0.15) is 0 Å². The van der Waals surface area contributed by atoms with Gasteiger partial charge in [0, 0.05) is 6.42 Å². The molecule has 1 saturated carbocycles. The van der Waals surface area contributed by atoms with Gasteiger partial charge in [0.15, 0.2) is 0 Å². The molecule has 0 saturated heterocycles. The second-order valence-corrected chi connectivity index (χ2v) is 6.10. The highest BCUT2D eigenvalue weighted by Crippen LogP contribution is 2.56. The van der Waals surface area contributed by atoms with E-state index in [-0.39, 0.29) is 0 Å². The third-order valence-electron chi connectivity index (χ3n) is 5.07. The Hall–Kier alpha value is -0.700. The molecular formula is C16H24. The average Bonchev–Trinajstić information content (AvgIpc) is 2.57. The molecule has 0 amide bonds. The first kappa shape index (κ1) is 11.8. The van der Waals surface area contributed by atoms with E-state index in [2.05, 4.69) is 32.8 Å². The van der Waals surface area contributed by atoms with Gasteiger partial charge in [-0.15, -0.1) is 12.3 Å². The lowest BCUT2D eigenvalue weighted by Gasteiger charge is -2.44. The molecule has 88 valence electrons. The van der Waals surface area contributed by atoms with Gasteiger partial charge in [-0.05, 0) is 36.0 Å². The molecule has 0 heterocycles. The Balaban J connectivity index is 2.20. The summed E-state index contributed by atoms with van der Waals surface area (Å²) in [5, 5.41) is 0. The average molecular weight is 216 g/mol. The SMILES string of the molecule is C#CCC(C)C1=CCC2[C@@H](C)CCC[C@]12C. The predicted molar refractivity (Wildman–Crippen MR) is 69.9 cm³/mol. The van der Waals surface area contributed by atoms with Crippen LogP contribution in [0.25, 0.3) is 0 Å². The highest BCUT2D eigenvalue weighted by molar-refractivity contribution is 5.26. The minimum Gasteiger partial charge on any atom is -0.120 e. The van der Waals surface area contributed by atoms with E-state index < -0.39 is 0 Å². The van der Waals surface area contributed by atoms with Crippen LogP contribution in [0.1, 0.15) is 52.9 Å². The monoisotopic (exact) mass is 216 g/mol. The second kappa shape index (κ2) is 4.28. The van der Waals surface area contributed by atoms with E-state index in [1.165, 1.54) is 25.7 Å². The van der Waals surface area contributed by atoms with Gasteiger partial charge in [-0.1, -0.05) is 45.3 Å².